The summed E-state index contributed by atoms with van der Waals surface area (Å²) in [5.74, 6) is 0. The Bertz CT molecular complexity index is 605. The highest BCUT2D eigenvalue weighted by atomic mass is 35.5. The quantitative estimate of drug-likeness (QED) is 0.889. The minimum atomic E-state index is 0.161. The Kier molecular flexibility index (Phi) is 3.49. The number of nitrogens with one attached hydrogen (secondary N) is 1. The van der Waals surface area contributed by atoms with Gasteiger partial charge in [0, 0.05) is 10.6 Å². The van der Waals surface area contributed by atoms with Gasteiger partial charge in [0.05, 0.1) is 0 Å². The molecule has 0 unspecified atom stereocenters. The summed E-state index contributed by atoms with van der Waals surface area (Å²) < 4.78 is 0. The Morgan fingerprint density at radius 3 is 2.42 bits per heavy atom. The summed E-state index contributed by atoms with van der Waals surface area (Å²) in [5, 5.41) is 6.36. The minimum Gasteiger partial charge on any atom is -0.291 e. The minimum absolute atomic E-state index is 0.161. The van der Waals surface area contributed by atoms with Crippen molar-refractivity contribution in [1.82, 2.24) is 5.43 Å². The van der Waals surface area contributed by atoms with Crippen LogP contribution in [0.5, 0.6) is 0 Å². The smallest absolute Gasteiger partial charge is 0.126 e. The molecule has 1 aliphatic heterocycles. The summed E-state index contributed by atoms with van der Waals surface area (Å²) in [7, 11) is 0. The van der Waals surface area contributed by atoms with Crippen molar-refractivity contribution in [1.29, 1.82) is 0 Å². The number of hydrogen-bond acceptors (Lipinski definition) is 3. The number of hydrazone groups is 1. The molecule has 0 bridgehead atoms. The maximum atomic E-state index is 5.90. The maximum Gasteiger partial charge on any atom is 0.126 e. The Morgan fingerprint density at radius 2 is 1.74 bits per heavy atom. The van der Waals surface area contributed by atoms with Crippen molar-refractivity contribution >= 4 is 28.4 Å². The van der Waals surface area contributed by atoms with Gasteiger partial charge in [0.25, 0.3) is 0 Å². The summed E-state index contributed by atoms with van der Waals surface area (Å²) >= 11 is 7.63. The number of rotatable bonds is 2. The molecular weight excluding hydrogens is 276 g/mol. The van der Waals surface area contributed by atoms with E-state index in [1.54, 1.807) is 11.8 Å². The van der Waals surface area contributed by atoms with Crippen LogP contribution in [0.15, 0.2) is 53.6 Å². The van der Waals surface area contributed by atoms with E-state index in [0.717, 1.165) is 15.6 Å². The molecule has 0 saturated carbocycles. The lowest BCUT2D eigenvalue weighted by Crippen LogP contribution is -2.06. The van der Waals surface area contributed by atoms with Gasteiger partial charge in [-0.25, -0.2) is 0 Å². The highest BCUT2D eigenvalue weighted by molar-refractivity contribution is 8.14. The molecule has 0 radical (unpaired) electrons. The van der Waals surface area contributed by atoms with Crippen LogP contribution in [0.25, 0.3) is 0 Å². The number of hydrogen-bond donors (Lipinski definition) is 1. The van der Waals surface area contributed by atoms with Gasteiger partial charge in [-0.15, -0.1) is 0 Å². The Balaban J connectivity index is 1.76. The highest BCUT2D eigenvalue weighted by Gasteiger charge is 2.21. The van der Waals surface area contributed by atoms with E-state index in [4.69, 9.17) is 11.6 Å². The SMILES string of the molecule is Cc1ccc(C2=NN[C@@H](c3ccc(Cl)cc3)S2)cc1. The fourth-order valence-electron chi connectivity index (χ4n) is 1.89. The lowest BCUT2D eigenvalue weighted by atomic mass is 10.2. The maximum absolute atomic E-state index is 5.90. The van der Waals surface area contributed by atoms with Gasteiger partial charge in [0.1, 0.15) is 10.4 Å². The third kappa shape index (κ3) is 2.77. The van der Waals surface area contributed by atoms with Crippen molar-refractivity contribution < 1.29 is 0 Å². The molecule has 0 aromatic heterocycles. The molecule has 2 nitrogen and oxygen atoms in total. The third-order valence-corrected chi connectivity index (χ3v) is 4.40. The number of thioether (sulfide) groups is 1. The van der Waals surface area contributed by atoms with Crippen molar-refractivity contribution in [2.45, 2.75) is 12.3 Å². The lowest BCUT2D eigenvalue weighted by molar-refractivity contribution is 0.744. The van der Waals surface area contributed by atoms with Crippen LogP contribution < -0.4 is 5.43 Å². The van der Waals surface area contributed by atoms with E-state index in [2.05, 4.69) is 41.7 Å². The molecule has 96 valence electrons. The monoisotopic (exact) mass is 288 g/mol. The second-order valence-electron chi connectivity index (χ2n) is 4.46. The van der Waals surface area contributed by atoms with Crippen molar-refractivity contribution in [3.63, 3.8) is 0 Å². The van der Waals surface area contributed by atoms with Crippen molar-refractivity contribution in [2.75, 3.05) is 0 Å². The zero-order valence-electron chi connectivity index (χ0n) is 10.4. The average molecular weight is 289 g/mol. The normalized spacial score (nSPS) is 18.0. The van der Waals surface area contributed by atoms with Gasteiger partial charge < -0.3 is 0 Å². The van der Waals surface area contributed by atoms with Crippen LogP contribution in [0.3, 0.4) is 0 Å². The molecule has 4 heteroatoms. The summed E-state index contributed by atoms with van der Waals surface area (Å²) in [6.45, 7) is 2.09. The summed E-state index contributed by atoms with van der Waals surface area (Å²) in [6, 6.07) is 16.3. The zero-order chi connectivity index (χ0) is 13.2. The fraction of sp³-hybridized carbons (Fsp3) is 0.133. The average Bonchev–Trinajstić information content (AvgIpc) is 2.90. The van der Waals surface area contributed by atoms with E-state index in [9.17, 15) is 0 Å². The van der Waals surface area contributed by atoms with Crippen molar-refractivity contribution in [3.05, 3.63) is 70.2 Å². The Hall–Kier alpha value is -1.45. The van der Waals surface area contributed by atoms with Crippen LogP contribution >= 0.6 is 23.4 Å². The van der Waals surface area contributed by atoms with Gasteiger partial charge in [-0.05, 0) is 24.6 Å². The number of aryl methyl sites for hydroxylation is 1. The van der Waals surface area contributed by atoms with Crippen LogP contribution in [0.2, 0.25) is 5.02 Å². The van der Waals surface area contributed by atoms with Gasteiger partial charge in [-0.1, -0.05) is 65.3 Å². The molecule has 1 atom stereocenters. The second-order valence-corrected chi connectivity index (χ2v) is 5.99. The second kappa shape index (κ2) is 5.27. The highest BCUT2D eigenvalue weighted by Crippen LogP contribution is 2.34. The molecular formula is C15H13ClN2S. The standard InChI is InChI=1S/C15H13ClN2S/c1-10-2-4-11(5-3-10)14-17-18-15(19-14)12-6-8-13(16)9-7-12/h2-9,15,18H,1H3/t15-/m1/s1. The van der Waals surface area contributed by atoms with E-state index in [-0.39, 0.29) is 5.37 Å². The predicted molar refractivity (Wildman–Crippen MR) is 82.6 cm³/mol. The zero-order valence-corrected chi connectivity index (χ0v) is 12.0. The predicted octanol–water partition coefficient (Wildman–Crippen LogP) is 4.35. The van der Waals surface area contributed by atoms with Gasteiger partial charge >= 0.3 is 0 Å². The van der Waals surface area contributed by atoms with Gasteiger partial charge in [-0.3, -0.25) is 5.43 Å². The van der Waals surface area contributed by atoms with Gasteiger partial charge in [-0.2, -0.15) is 5.10 Å². The van der Waals surface area contributed by atoms with Crippen LogP contribution in [0, 0.1) is 6.92 Å². The van der Waals surface area contributed by atoms with Crippen LogP contribution in [-0.4, -0.2) is 5.04 Å². The molecule has 1 N–H and O–H groups in total. The first-order valence-electron chi connectivity index (χ1n) is 6.05. The molecule has 19 heavy (non-hydrogen) atoms. The summed E-state index contributed by atoms with van der Waals surface area (Å²) in [5.41, 5.74) is 6.76. The number of benzene rings is 2. The molecule has 1 aliphatic rings. The van der Waals surface area contributed by atoms with Gasteiger partial charge in [0.2, 0.25) is 0 Å². The molecule has 0 aliphatic carbocycles. The van der Waals surface area contributed by atoms with E-state index in [1.807, 2.05) is 24.3 Å². The number of halogens is 1. The number of nitrogens with zero attached hydrogens (tertiary/aromatic N) is 1. The van der Waals surface area contributed by atoms with Crippen molar-refractivity contribution in [2.24, 2.45) is 5.10 Å². The van der Waals surface area contributed by atoms with Gasteiger partial charge in [0.15, 0.2) is 0 Å². The van der Waals surface area contributed by atoms with Crippen LogP contribution in [-0.2, 0) is 0 Å². The van der Waals surface area contributed by atoms with E-state index >= 15 is 0 Å². The van der Waals surface area contributed by atoms with E-state index < -0.39 is 0 Å². The van der Waals surface area contributed by atoms with Crippen LogP contribution in [0.1, 0.15) is 22.1 Å². The first-order valence-corrected chi connectivity index (χ1v) is 7.30. The molecule has 0 saturated heterocycles. The largest absolute Gasteiger partial charge is 0.291 e. The first kappa shape index (κ1) is 12.6. The Morgan fingerprint density at radius 1 is 1.05 bits per heavy atom. The summed E-state index contributed by atoms with van der Waals surface area (Å²) in [4.78, 5) is 0. The summed E-state index contributed by atoms with van der Waals surface area (Å²) in [6.07, 6.45) is 0. The first-order chi connectivity index (χ1) is 9.22. The van der Waals surface area contributed by atoms with Crippen LogP contribution in [0.4, 0.5) is 0 Å². The van der Waals surface area contributed by atoms with E-state index in [0.29, 0.717) is 0 Å². The third-order valence-electron chi connectivity index (χ3n) is 2.98. The molecule has 3 rings (SSSR count). The molecule has 2 aromatic rings. The lowest BCUT2D eigenvalue weighted by Gasteiger charge is -2.09. The van der Waals surface area contributed by atoms with Crippen molar-refractivity contribution in [3.8, 4) is 0 Å². The van der Waals surface area contributed by atoms with E-state index in [1.165, 1.54) is 11.1 Å². The fourth-order valence-corrected chi connectivity index (χ4v) is 3.02. The Labute approximate surface area is 121 Å². The molecule has 2 aromatic carbocycles. The molecule has 0 amide bonds. The molecule has 1 heterocycles. The molecule has 0 spiro atoms. The molecule has 0 fully saturated rings. The topological polar surface area (TPSA) is 24.4 Å².